The number of aromatic nitrogens is 3. The first-order valence-corrected chi connectivity index (χ1v) is 11.9. The van der Waals surface area contributed by atoms with Gasteiger partial charge in [0.2, 0.25) is 5.95 Å². The first kappa shape index (κ1) is 21.8. The van der Waals surface area contributed by atoms with Gasteiger partial charge in [-0.1, -0.05) is 29.8 Å². The van der Waals surface area contributed by atoms with Crippen LogP contribution in [0.1, 0.15) is 23.9 Å². The predicted molar refractivity (Wildman–Crippen MR) is 137 cm³/mol. The number of carbonyl (C=O) groups is 2. The van der Waals surface area contributed by atoms with Crippen LogP contribution < -0.4 is 15.5 Å². The molecule has 4 aromatic rings. The van der Waals surface area contributed by atoms with E-state index in [1.54, 1.807) is 12.1 Å². The van der Waals surface area contributed by atoms with Crippen molar-refractivity contribution in [3.8, 4) is 0 Å². The molecule has 0 spiro atoms. The summed E-state index contributed by atoms with van der Waals surface area (Å²) in [6, 6.07) is 13.3. The van der Waals surface area contributed by atoms with Gasteiger partial charge in [-0.2, -0.15) is 0 Å². The molecule has 3 N–H and O–H groups in total. The van der Waals surface area contributed by atoms with E-state index in [-0.39, 0.29) is 11.6 Å². The Labute approximate surface area is 206 Å². The Morgan fingerprint density at radius 2 is 1.83 bits per heavy atom. The summed E-state index contributed by atoms with van der Waals surface area (Å²) < 4.78 is 0. The fourth-order valence-electron chi connectivity index (χ4n) is 5.05. The quantitative estimate of drug-likeness (QED) is 0.383. The van der Waals surface area contributed by atoms with Gasteiger partial charge in [0.1, 0.15) is 0 Å². The number of rotatable bonds is 3. The first-order chi connectivity index (χ1) is 16.9. The number of amides is 2. The highest BCUT2D eigenvalue weighted by Crippen LogP contribution is 2.39. The van der Waals surface area contributed by atoms with E-state index in [9.17, 15) is 9.59 Å². The van der Waals surface area contributed by atoms with Gasteiger partial charge in [0.25, 0.3) is 11.8 Å². The van der Waals surface area contributed by atoms with Crippen LogP contribution >= 0.6 is 11.6 Å². The lowest BCUT2D eigenvalue weighted by Crippen LogP contribution is -2.49. The smallest absolute Gasteiger partial charge is 0.261 e. The van der Waals surface area contributed by atoms with Crippen LogP contribution in [0.4, 0.5) is 5.95 Å². The molecular formula is C26H23ClN6O2. The molecule has 4 heterocycles. The summed E-state index contributed by atoms with van der Waals surface area (Å²) in [5, 5.41) is 7.92. The summed E-state index contributed by atoms with van der Waals surface area (Å²) in [7, 11) is 0. The van der Waals surface area contributed by atoms with Crippen molar-refractivity contribution in [1.82, 2.24) is 25.6 Å². The first-order valence-electron chi connectivity index (χ1n) is 11.5. The summed E-state index contributed by atoms with van der Waals surface area (Å²) in [5.41, 5.74) is 4.01. The van der Waals surface area contributed by atoms with E-state index in [1.807, 2.05) is 37.3 Å². The third kappa shape index (κ3) is 3.57. The van der Waals surface area contributed by atoms with Crippen LogP contribution in [0.2, 0.25) is 5.02 Å². The third-order valence-corrected chi connectivity index (χ3v) is 6.84. The van der Waals surface area contributed by atoms with Crippen molar-refractivity contribution < 1.29 is 9.59 Å². The number of benzene rings is 2. The van der Waals surface area contributed by atoms with E-state index in [2.05, 4.69) is 27.4 Å². The van der Waals surface area contributed by atoms with Gasteiger partial charge in [-0.05, 0) is 38.1 Å². The topological polar surface area (TPSA) is 103 Å². The Hall–Kier alpha value is -3.75. The molecule has 0 saturated carbocycles. The zero-order chi connectivity index (χ0) is 24.3. The molecule has 2 aliphatic heterocycles. The van der Waals surface area contributed by atoms with Crippen molar-refractivity contribution in [3.05, 3.63) is 64.4 Å². The molecule has 2 amide bonds. The van der Waals surface area contributed by atoms with Gasteiger partial charge >= 0.3 is 0 Å². The zero-order valence-electron chi connectivity index (χ0n) is 19.3. The highest BCUT2D eigenvalue weighted by Gasteiger charge is 2.36. The number of carbonyl (C=O) groups excluding carboxylic acids is 2. The molecule has 176 valence electrons. The van der Waals surface area contributed by atoms with Gasteiger partial charge in [-0.25, -0.2) is 9.97 Å². The van der Waals surface area contributed by atoms with E-state index in [4.69, 9.17) is 21.6 Å². The van der Waals surface area contributed by atoms with Crippen molar-refractivity contribution in [1.29, 1.82) is 0 Å². The monoisotopic (exact) mass is 486 g/mol. The predicted octanol–water partition coefficient (Wildman–Crippen LogP) is 3.44. The standard InChI is InChI=1S/C26H23ClN6O2/c1-13-12-33(10-9-28-13)26-30-19-8-7-15(27)11-17(19)23(31-26)22-21(24(34)32-25(22)35)20-14(2)29-18-6-4-3-5-16(18)20/h3-8,11,13,28-29H,9-10,12H2,1-2H3,(H,32,34,35)/t13-/m0/s1. The number of fused-ring (bicyclic) bond motifs is 2. The molecule has 2 aliphatic rings. The maximum absolute atomic E-state index is 13.3. The van der Waals surface area contributed by atoms with Crippen LogP contribution in [0.3, 0.4) is 0 Å². The van der Waals surface area contributed by atoms with Crippen LogP contribution in [0.15, 0.2) is 42.5 Å². The zero-order valence-corrected chi connectivity index (χ0v) is 20.0. The van der Waals surface area contributed by atoms with Crippen LogP contribution in [0.5, 0.6) is 0 Å². The number of para-hydroxylation sites is 1. The van der Waals surface area contributed by atoms with Crippen molar-refractivity contribution >= 4 is 62.3 Å². The fourth-order valence-corrected chi connectivity index (χ4v) is 5.22. The molecular weight excluding hydrogens is 464 g/mol. The number of hydrogen-bond acceptors (Lipinski definition) is 6. The summed E-state index contributed by atoms with van der Waals surface area (Å²) in [5.74, 6) is -0.393. The average molecular weight is 487 g/mol. The second kappa shape index (κ2) is 8.18. The highest BCUT2D eigenvalue weighted by molar-refractivity contribution is 6.50. The Kier molecular flexibility index (Phi) is 5.09. The van der Waals surface area contributed by atoms with Crippen molar-refractivity contribution in [2.75, 3.05) is 24.5 Å². The number of piperazine rings is 1. The number of imide groups is 1. The minimum Gasteiger partial charge on any atom is -0.358 e. The lowest BCUT2D eigenvalue weighted by molar-refractivity contribution is -0.122. The normalized spacial score (nSPS) is 18.7. The molecule has 2 aromatic heterocycles. The summed E-state index contributed by atoms with van der Waals surface area (Å²) in [6.45, 7) is 6.29. The van der Waals surface area contributed by atoms with Gasteiger partial charge in [0.15, 0.2) is 0 Å². The Balaban J connectivity index is 1.66. The summed E-state index contributed by atoms with van der Waals surface area (Å²) in [4.78, 5) is 41.6. The van der Waals surface area contributed by atoms with E-state index in [0.717, 1.165) is 36.2 Å². The molecule has 8 nitrogen and oxygen atoms in total. The van der Waals surface area contributed by atoms with E-state index in [0.29, 0.717) is 38.7 Å². The maximum atomic E-state index is 13.3. The lowest BCUT2D eigenvalue weighted by atomic mass is 9.95. The largest absolute Gasteiger partial charge is 0.358 e. The molecule has 0 radical (unpaired) electrons. The van der Waals surface area contributed by atoms with Crippen molar-refractivity contribution in [3.63, 3.8) is 0 Å². The van der Waals surface area contributed by atoms with Gasteiger partial charge in [0.05, 0.1) is 22.4 Å². The van der Waals surface area contributed by atoms with Gasteiger partial charge < -0.3 is 15.2 Å². The number of hydrogen-bond donors (Lipinski definition) is 3. The number of halogens is 1. The number of nitrogens with zero attached hydrogens (tertiary/aromatic N) is 3. The van der Waals surface area contributed by atoms with Crippen LogP contribution in [0, 0.1) is 6.92 Å². The molecule has 2 aromatic carbocycles. The summed E-state index contributed by atoms with van der Waals surface area (Å²) >= 11 is 6.35. The van der Waals surface area contributed by atoms with Crippen molar-refractivity contribution in [2.24, 2.45) is 0 Å². The number of anilines is 1. The molecule has 1 saturated heterocycles. The molecule has 35 heavy (non-hydrogen) atoms. The van der Waals surface area contributed by atoms with E-state index in [1.165, 1.54) is 0 Å². The van der Waals surface area contributed by atoms with Gasteiger partial charge in [-0.15, -0.1) is 0 Å². The van der Waals surface area contributed by atoms with Crippen LogP contribution in [-0.4, -0.2) is 52.4 Å². The van der Waals surface area contributed by atoms with Gasteiger partial charge in [0, 0.05) is 58.2 Å². The van der Waals surface area contributed by atoms with Gasteiger partial charge in [-0.3, -0.25) is 14.9 Å². The lowest BCUT2D eigenvalue weighted by Gasteiger charge is -2.32. The fraction of sp³-hybridized carbons (Fsp3) is 0.231. The minimum absolute atomic E-state index is 0.238. The second-order valence-corrected chi connectivity index (χ2v) is 9.48. The van der Waals surface area contributed by atoms with E-state index >= 15 is 0 Å². The second-order valence-electron chi connectivity index (χ2n) is 9.04. The average Bonchev–Trinajstić information content (AvgIpc) is 3.31. The maximum Gasteiger partial charge on any atom is 0.261 e. The SMILES string of the molecule is Cc1[nH]c2ccccc2c1C1=C(c2nc(N3CCN[C@@H](C)C3)nc3ccc(Cl)cc23)C(=O)NC1=O. The number of aryl methyl sites for hydroxylation is 1. The summed E-state index contributed by atoms with van der Waals surface area (Å²) in [6.07, 6.45) is 0. The number of nitrogens with one attached hydrogen (secondary N) is 3. The third-order valence-electron chi connectivity index (χ3n) is 6.61. The molecule has 6 rings (SSSR count). The molecule has 0 unspecified atom stereocenters. The minimum atomic E-state index is -0.478. The molecule has 1 fully saturated rings. The number of H-pyrrole nitrogens is 1. The molecule has 0 bridgehead atoms. The number of aromatic amines is 1. The van der Waals surface area contributed by atoms with E-state index < -0.39 is 11.8 Å². The molecule has 9 heteroatoms. The molecule has 0 aliphatic carbocycles. The van der Waals surface area contributed by atoms with Crippen molar-refractivity contribution in [2.45, 2.75) is 19.9 Å². The van der Waals surface area contributed by atoms with Crippen LogP contribution in [-0.2, 0) is 9.59 Å². The Morgan fingerprint density at radius 3 is 2.66 bits per heavy atom. The van der Waals surface area contributed by atoms with Crippen LogP contribution in [0.25, 0.3) is 33.0 Å². The highest BCUT2D eigenvalue weighted by atomic mass is 35.5. The molecule has 1 atom stereocenters. The Morgan fingerprint density at radius 1 is 1.03 bits per heavy atom. The Bertz CT molecular complexity index is 1570.